The van der Waals surface area contributed by atoms with Gasteiger partial charge in [0.1, 0.15) is 31.5 Å². The zero-order valence-electron chi connectivity index (χ0n) is 28.2. The quantitative estimate of drug-likeness (QED) is 0.0961. The molecular formula is C32H42O18. The van der Waals surface area contributed by atoms with Gasteiger partial charge in [0.2, 0.25) is 0 Å². The Hall–Kier alpha value is -4.20. The molecule has 18 nitrogen and oxygen atoms in total. The summed E-state index contributed by atoms with van der Waals surface area (Å²) in [5.41, 5.74) is 0.899. The molecule has 2 saturated heterocycles. The summed E-state index contributed by atoms with van der Waals surface area (Å²) in [6, 6.07) is 9.29. The number of ether oxygens (including phenoxy) is 11. The molecule has 2 aliphatic heterocycles. The molecule has 50 heavy (non-hydrogen) atoms. The highest BCUT2D eigenvalue weighted by Gasteiger charge is 2.56. The summed E-state index contributed by atoms with van der Waals surface area (Å²) in [6.07, 6.45) is -15.4. The molecule has 0 unspecified atom stereocenters. The Morgan fingerprint density at radius 1 is 0.680 bits per heavy atom. The highest BCUT2D eigenvalue weighted by atomic mass is 16.8. The summed E-state index contributed by atoms with van der Waals surface area (Å²) in [7, 11) is 0. The lowest BCUT2D eigenvalue weighted by molar-refractivity contribution is -0.368. The first-order chi connectivity index (χ1) is 23.8. The lowest BCUT2D eigenvalue weighted by Gasteiger charge is -2.48. The van der Waals surface area contributed by atoms with Crippen LogP contribution in [-0.4, -0.2) is 129 Å². The molecule has 2 aliphatic rings. The largest absolute Gasteiger partial charge is 0.463 e. The van der Waals surface area contributed by atoms with Gasteiger partial charge in [0, 0.05) is 34.6 Å². The van der Waals surface area contributed by atoms with Crippen LogP contribution in [0.25, 0.3) is 0 Å². The van der Waals surface area contributed by atoms with Crippen molar-refractivity contribution < 1.29 is 86.0 Å². The van der Waals surface area contributed by atoms with Gasteiger partial charge in [-0.3, -0.25) is 28.8 Å². The standard InChI is InChI=1S/C32H42O18/c1-17(34)42-14-23-25(39)27(46-20(4)37)29(31(48-23)41-12-11-40-13-22-9-7-6-8-10-22)50-32-30(47-21(5)38)28(44-16-33)26(45-19(3)36)24(49-32)15-43-18(2)35/h6-10,16,23-32,39H,11-15H2,1-5H3/t23-,24+,25+,26+,27-,28-,29-,30-,31-,32+/m0/s1. The summed E-state index contributed by atoms with van der Waals surface area (Å²) in [5.74, 6) is -4.01. The topological polar surface area (TPSA) is 224 Å². The summed E-state index contributed by atoms with van der Waals surface area (Å²) in [6.45, 7) is 4.60. The van der Waals surface area contributed by atoms with E-state index in [0.717, 1.165) is 40.2 Å². The molecule has 3 rings (SSSR count). The van der Waals surface area contributed by atoms with Gasteiger partial charge in [-0.05, 0) is 5.56 Å². The van der Waals surface area contributed by atoms with E-state index in [-0.39, 0.29) is 26.3 Å². The number of carbonyl (C=O) groups excluding carboxylic acids is 6. The molecule has 0 aliphatic carbocycles. The lowest BCUT2D eigenvalue weighted by atomic mass is 9.96. The molecule has 0 spiro atoms. The number of benzene rings is 1. The van der Waals surface area contributed by atoms with Gasteiger partial charge in [-0.25, -0.2) is 0 Å². The predicted octanol–water partition coefficient (Wildman–Crippen LogP) is -0.121. The zero-order chi connectivity index (χ0) is 36.8. The SMILES string of the molecule is CC(=O)OC[C@@H]1O[C@H](OCCOCc2ccccc2)[C@@H](O[C@H]2O[C@H](COC(C)=O)[C@@H](OC(C)=O)[C@H](OC=O)[C@@H]2OC(C)=O)[C@@H](OC(C)=O)[C@@H]1O. The third-order valence-electron chi connectivity index (χ3n) is 7.14. The summed E-state index contributed by atoms with van der Waals surface area (Å²) in [4.78, 5) is 71.5. The van der Waals surface area contributed by atoms with Crippen molar-refractivity contribution in [2.24, 2.45) is 0 Å². The third-order valence-corrected chi connectivity index (χ3v) is 7.14. The van der Waals surface area contributed by atoms with Crippen molar-refractivity contribution in [3.05, 3.63) is 35.9 Å². The van der Waals surface area contributed by atoms with Gasteiger partial charge in [0.15, 0.2) is 43.1 Å². The molecule has 2 fully saturated rings. The number of hydrogen-bond donors (Lipinski definition) is 1. The normalized spacial score (nSPS) is 29.2. The Bertz CT molecular complexity index is 1290. The Kier molecular flexibility index (Phi) is 16.0. The van der Waals surface area contributed by atoms with Crippen molar-refractivity contribution in [2.75, 3.05) is 26.4 Å². The molecule has 10 atom stereocenters. The van der Waals surface area contributed by atoms with E-state index in [2.05, 4.69) is 0 Å². The first kappa shape index (κ1) is 40.2. The summed E-state index contributed by atoms with van der Waals surface area (Å²) in [5, 5.41) is 11.3. The molecule has 18 heteroatoms. The minimum absolute atomic E-state index is 0.0129. The molecule has 0 saturated carbocycles. The van der Waals surface area contributed by atoms with E-state index in [0.29, 0.717) is 0 Å². The van der Waals surface area contributed by atoms with Gasteiger partial charge in [0.25, 0.3) is 6.47 Å². The summed E-state index contributed by atoms with van der Waals surface area (Å²) >= 11 is 0. The fraction of sp³-hybridized carbons (Fsp3) is 0.625. The number of aliphatic hydroxyl groups is 1. The van der Waals surface area contributed by atoms with Gasteiger partial charge in [0.05, 0.1) is 19.8 Å². The Morgan fingerprint density at radius 2 is 1.24 bits per heavy atom. The molecule has 0 bridgehead atoms. The Labute approximate surface area is 287 Å². The molecule has 1 N–H and O–H groups in total. The fourth-order valence-electron chi connectivity index (χ4n) is 5.17. The second-order valence-corrected chi connectivity index (χ2v) is 11.1. The van der Waals surface area contributed by atoms with Crippen molar-refractivity contribution in [1.82, 2.24) is 0 Å². The zero-order valence-corrected chi connectivity index (χ0v) is 28.2. The van der Waals surface area contributed by atoms with Crippen LogP contribution in [0, 0.1) is 0 Å². The van der Waals surface area contributed by atoms with Crippen LogP contribution >= 0.6 is 0 Å². The van der Waals surface area contributed by atoms with Crippen LogP contribution in [-0.2, 0) is 87.5 Å². The van der Waals surface area contributed by atoms with E-state index in [4.69, 9.17) is 52.1 Å². The Balaban J connectivity index is 1.97. The Morgan fingerprint density at radius 3 is 1.82 bits per heavy atom. The van der Waals surface area contributed by atoms with Crippen LogP contribution < -0.4 is 0 Å². The molecule has 1 aromatic rings. The first-order valence-electron chi connectivity index (χ1n) is 15.6. The average Bonchev–Trinajstić information content (AvgIpc) is 3.04. The van der Waals surface area contributed by atoms with E-state index >= 15 is 0 Å². The molecule has 0 aromatic heterocycles. The second-order valence-electron chi connectivity index (χ2n) is 11.1. The van der Waals surface area contributed by atoms with Gasteiger partial charge in [-0.1, -0.05) is 30.3 Å². The third kappa shape index (κ3) is 12.3. The molecule has 2 heterocycles. The van der Waals surface area contributed by atoms with E-state index in [1.165, 1.54) is 0 Å². The summed E-state index contributed by atoms with van der Waals surface area (Å²) < 4.78 is 61.3. The average molecular weight is 715 g/mol. The van der Waals surface area contributed by atoms with E-state index in [9.17, 15) is 33.9 Å². The number of aliphatic hydroxyl groups excluding tert-OH is 1. The van der Waals surface area contributed by atoms with E-state index in [1.807, 2.05) is 30.3 Å². The molecule has 0 amide bonds. The first-order valence-corrected chi connectivity index (χ1v) is 15.6. The van der Waals surface area contributed by atoms with Crippen LogP contribution in [0.15, 0.2) is 30.3 Å². The monoisotopic (exact) mass is 714 g/mol. The van der Waals surface area contributed by atoms with Crippen LogP contribution in [0.2, 0.25) is 0 Å². The van der Waals surface area contributed by atoms with Gasteiger partial charge in [-0.2, -0.15) is 0 Å². The van der Waals surface area contributed by atoms with Gasteiger partial charge >= 0.3 is 29.8 Å². The predicted molar refractivity (Wildman–Crippen MR) is 161 cm³/mol. The van der Waals surface area contributed by atoms with Crippen LogP contribution in [0.3, 0.4) is 0 Å². The van der Waals surface area contributed by atoms with Crippen molar-refractivity contribution >= 4 is 36.3 Å². The van der Waals surface area contributed by atoms with E-state index in [1.54, 1.807) is 0 Å². The van der Waals surface area contributed by atoms with Crippen LogP contribution in [0.5, 0.6) is 0 Å². The number of hydrogen-bond acceptors (Lipinski definition) is 18. The minimum atomic E-state index is -1.75. The highest BCUT2D eigenvalue weighted by molar-refractivity contribution is 5.68. The van der Waals surface area contributed by atoms with Gasteiger partial charge < -0.3 is 57.2 Å². The maximum atomic E-state index is 12.3. The van der Waals surface area contributed by atoms with Crippen molar-refractivity contribution in [2.45, 2.75) is 103 Å². The maximum Gasteiger partial charge on any atom is 0.303 e. The number of esters is 5. The van der Waals surface area contributed by atoms with E-state index < -0.39 is 104 Å². The van der Waals surface area contributed by atoms with Crippen LogP contribution in [0.4, 0.5) is 0 Å². The number of rotatable bonds is 17. The molecular weight excluding hydrogens is 672 g/mol. The van der Waals surface area contributed by atoms with Gasteiger partial charge in [-0.15, -0.1) is 0 Å². The molecule has 278 valence electrons. The minimum Gasteiger partial charge on any atom is -0.463 e. The smallest absolute Gasteiger partial charge is 0.303 e. The highest BCUT2D eigenvalue weighted by Crippen LogP contribution is 2.34. The van der Waals surface area contributed by atoms with Crippen molar-refractivity contribution in [1.29, 1.82) is 0 Å². The number of carbonyl (C=O) groups is 6. The van der Waals surface area contributed by atoms with Crippen LogP contribution in [0.1, 0.15) is 40.2 Å². The molecule has 0 radical (unpaired) electrons. The molecule has 1 aromatic carbocycles. The lowest BCUT2D eigenvalue weighted by Crippen LogP contribution is -2.66. The second kappa shape index (κ2) is 19.9. The fourth-order valence-corrected chi connectivity index (χ4v) is 5.17. The van der Waals surface area contributed by atoms with Crippen molar-refractivity contribution in [3.8, 4) is 0 Å². The van der Waals surface area contributed by atoms with Crippen molar-refractivity contribution in [3.63, 3.8) is 0 Å². The maximum absolute atomic E-state index is 12.3.